The van der Waals surface area contributed by atoms with Crippen LogP contribution in [0.15, 0.2) is 28.7 Å². The van der Waals surface area contributed by atoms with E-state index in [9.17, 15) is 4.79 Å². The molecule has 1 saturated carbocycles. The summed E-state index contributed by atoms with van der Waals surface area (Å²) >= 11 is 3.38. The number of hydrogen-bond donors (Lipinski definition) is 1. The lowest BCUT2D eigenvalue weighted by molar-refractivity contribution is 0.0841. The molecule has 3 nitrogen and oxygen atoms in total. The fourth-order valence-corrected chi connectivity index (χ4v) is 2.81. The number of nitrogens with zero attached hydrogens (tertiary/aromatic N) is 1. The highest BCUT2D eigenvalue weighted by molar-refractivity contribution is 9.10. The van der Waals surface area contributed by atoms with Gasteiger partial charge < -0.3 is 5.11 Å². The maximum atomic E-state index is 12.1. The van der Waals surface area contributed by atoms with Crippen LogP contribution in [0.5, 0.6) is 0 Å². The maximum Gasteiger partial charge on any atom is 0.164 e. The van der Waals surface area contributed by atoms with Crippen LogP contribution in [0.2, 0.25) is 0 Å². The van der Waals surface area contributed by atoms with Gasteiger partial charge in [0, 0.05) is 35.6 Å². The Balaban J connectivity index is 1.87. The average molecular weight is 326 g/mol. The van der Waals surface area contributed by atoms with Crippen molar-refractivity contribution in [1.29, 1.82) is 0 Å². The first-order valence-electron chi connectivity index (χ1n) is 6.84. The third-order valence-corrected chi connectivity index (χ3v) is 4.24. The van der Waals surface area contributed by atoms with Crippen LogP contribution in [0, 0.1) is 0 Å². The number of aliphatic hydroxyl groups excluding tert-OH is 1. The lowest BCUT2D eigenvalue weighted by atomic mass is 9.91. The van der Waals surface area contributed by atoms with E-state index in [1.54, 1.807) is 0 Å². The fourth-order valence-electron chi connectivity index (χ4n) is 2.41. The first-order chi connectivity index (χ1) is 9.20. The second-order valence-electron chi connectivity index (χ2n) is 5.03. The quantitative estimate of drug-likeness (QED) is 0.784. The van der Waals surface area contributed by atoms with E-state index >= 15 is 0 Å². The first-order valence-corrected chi connectivity index (χ1v) is 7.63. The van der Waals surface area contributed by atoms with Crippen LogP contribution in [0.4, 0.5) is 0 Å². The molecule has 1 aromatic rings. The van der Waals surface area contributed by atoms with E-state index in [1.807, 2.05) is 24.3 Å². The maximum absolute atomic E-state index is 12.1. The molecule has 1 N–H and O–H groups in total. The Morgan fingerprint density at radius 2 is 2.16 bits per heavy atom. The number of aliphatic hydroxyl groups is 1. The van der Waals surface area contributed by atoms with Gasteiger partial charge in [-0.2, -0.15) is 0 Å². The van der Waals surface area contributed by atoms with Gasteiger partial charge in [0.1, 0.15) is 0 Å². The van der Waals surface area contributed by atoms with E-state index in [1.165, 1.54) is 19.3 Å². The SMILES string of the molecule is O=C(CCN(CCO)C1CCC1)c1cccc(Br)c1. The molecule has 104 valence electrons. The predicted octanol–water partition coefficient (Wildman–Crippen LogP) is 2.87. The van der Waals surface area contributed by atoms with Crippen LogP contribution in [0.1, 0.15) is 36.0 Å². The fraction of sp³-hybridized carbons (Fsp3) is 0.533. The molecule has 0 amide bonds. The summed E-state index contributed by atoms with van der Waals surface area (Å²) in [5, 5.41) is 9.09. The summed E-state index contributed by atoms with van der Waals surface area (Å²) in [4.78, 5) is 14.4. The second-order valence-corrected chi connectivity index (χ2v) is 5.94. The summed E-state index contributed by atoms with van der Waals surface area (Å²) in [5.41, 5.74) is 0.756. The number of rotatable bonds is 7. The van der Waals surface area contributed by atoms with Gasteiger partial charge >= 0.3 is 0 Å². The number of hydrogen-bond acceptors (Lipinski definition) is 3. The molecular formula is C15H20BrNO2. The van der Waals surface area contributed by atoms with Crippen molar-refractivity contribution in [1.82, 2.24) is 4.90 Å². The zero-order chi connectivity index (χ0) is 13.7. The number of ketones is 1. The number of Topliss-reactive ketones (excluding diaryl/α,β-unsaturated/α-hetero) is 1. The number of carbonyl (C=O) groups excluding carboxylic acids is 1. The Morgan fingerprint density at radius 1 is 1.37 bits per heavy atom. The van der Waals surface area contributed by atoms with Crippen molar-refractivity contribution in [3.63, 3.8) is 0 Å². The van der Waals surface area contributed by atoms with Crippen molar-refractivity contribution in [3.05, 3.63) is 34.3 Å². The molecule has 1 aliphatic rings. The second kappa shape index (κ2) is 7.17. The summed E-state index contributed by atoms with van der Waals surface area (Å²) in [6, 6.07) is 8.09. The van der Waals surface area contributed by atoms with Gasteiger partial charge in [-0.15, -0.1) is 0 Å². The molecule has 0 unspecified atom stereocenters. The highest BCUT2D eigenvalue weighted by Crippen LogP contribution is 2.24. The molecule has 0 aromatic heterocycles. The van der Waals surface area contributed by atoms with Gasteiger partial charge in [0.25, 0.3) is 0 Å². The largest absolute Gasteiger partial charge is 0.395 e. The van der Waals surface area contributed by atoms with E-state index in [2.05, 4.69) is 20.8 Å². The number of halogens is 1. The zero-order valence-corrected chi connectivity index (χ0v) is 12.6. The van der Waals surface area contributed by atoms with Gasteiger partial charge in [-0.3, -0.25) is 9.69 Å². The van der Waals surface area contributed by atoms with Crippen molar-refractivity contribution >= 4 is 21.7 Å². The van der Waals surface area contributed by atoms with Crippen LogP contribution in [0.25, 0.3) is 0 Å². The predicted molar refractivity (Wildman–Crippen MR) is 79.4 cm³/mol. The van der Waals surface area contributed by atoms with Crippen molar-refractivity contribution in [2.24, 2.45) is 0 Å². The molecule has 0 saturated heterocycles. The van der Waals surface area contributed by atoms with Crippen LogP contribution in [-0.2, 0) is 0 Å². The average Bonchev–Trinajstić information content (AvgIpc) is 2.33. The molecule has 19 heavy (non-hydrogen) atoms. The Morgan fingerprint density at radius 3 is 2.74 bits per heavy atom. The Labute approximate surface area is 122 Å². The standard InChI is InChI=1S/C15H20BrNO2/c16-13-4-1-3-12(11-13)15(19)7-8-17(9-10-18)14-5-2-6-14/h1,3-4,11,14,18H,2,5-10H2. The Kier molecular flexibility index (Phi) is 5.55. The molecule has 0 atom stereocenters. The van der Waals surface area contributed by atoms with Crippen molar-refractivity contribution < 1.29 is 9.90 Å². The minimum absolute atomic E-state index is 0.168. The van der Waals surface area contributed by atoms with Gasteiger partial charge in [-0.25, -0.2) is 0 Å². The Bertz CT molecular complexity index is 432. The van der Waals surface area contributed by atoms with Gasteiger partial charge in [0.05, 0.1) is 6.61 Å². The van der Waals surface area contributed by atoms with E-state index in [0.717, 1.165) is 16.6 Å². The summed E-state index contributed by atoms with van der Waals surface area (Å²) in [6.45, 7) is 1.59. The molecule has 1 aromatic carbocycles. The number of carbonyl (C=O) groups is 1. The van der Waals surface area contributed by atoms with E-state index in [4.69, 9.17) is 5.11 Å². The van der Waals surface area contributed by atoms with Gasteiger partial charge in [0.2, 0.25) is 0 Å². The van der Waals surface area contributed by atoms with Crippen LogP contribution < -0.4 is 0 Å². The molecule has 0 radical (unpaired) electrons. The lowest BCUT2D eigenvalue weighted by Crippen LogP contribution is -2.42. The minimum atomic E-state index is 0.168. The molecule has 0 bridgehead atoms. The molecule has 0 heterocycles. The molecule has 0 aliphatic heterocycles. The summed E-state index contributed by atoms with van der Waals surface area (Å²) < 4.78 is 0.935. The smallest absolute Gasteiger partial charge is 0.164 e. The van der Waals surface area contributed by atoms with Crippen LogP contribution in [0.3, 0.4) is 0 Å². The van der Waals surface area contributed by atoms with Crippen LogP contribution >= 0.6 is 15.9 Å². The summed E-state index contributed by atoms with van der Waals surface area (Å²) in [6.07, 6.45) is 4.19. The van der Waals surface area contributed by atoms with Crippen molar-refractivity contribution in [3.8, 4) is 0 Å². The summed E-state index contributed by atoms with van der Waals surface area (Å²) in [7, 11) is 0. The van der Waals surface area contributed by atoms with Gasteiger partial charge in [0.15, 0.2) is 5.78 Å². The molecule has 1 aliphatic carbocycles. The normalized spacial score (nSPS) is 15.5. The lowest BCUT2D eigenvalue weighted by Gasteiger charge is -2.37. The Hall–Kier alpha value is -0.710. The molecule has 0 spiro atoms. The topological polar surface area (TPSA) is 40.5 Å². The first kappa shape index (κ1) is 14.7. The molecule has 4 heteroatoms. The van der Waals surface area contributed by atoms with Gasteiger partial charge in [-0.1, -0.05) is 34.5 Å². The van der Waals surface area contributed by atoms with E-state index < -0.39 is 0 Å². The van der Waals surface area contributed by atoms with Crippen LogP contribution in [-0.4, -0.2) is 41.5 Å². The molecular weight excluding hydrogens is 306 g/mol. The van der Waals surface area contributed by atoms with Crippen molar-refractivity contribution in [2.75, 3.05) is 19.7 Å². The molecule has 2 rings (SSSR count). The van der Waals surface area contributed by atoms with E-state index in [0.29, 0.717) is 19.0 Å². The third kappa shape index (κ3) is 4.13. The van der Waals surface area contributed by atoms with Crippen molar-refractivity contribution in [2.45, 2.75) is 31.7 Å². The molecule has 1 fully saturated rings. The highest BCUT2D eigenvalue weighted by Gasteiger charge is 2.24. The zero-order valence-electron chi connectivity index (χ0n) is 11.0. The minimum Gasteiger partial charge on any atom is -0.395 e. The third-order valence-electron chi connectivity index (χ3n) is 3.75. The number of benzene rings is 1. The van der Waals surface area contributed by atoms with Gasteiger partial charge in [-0.05, 0) is 25.0 Å². The highest BCUT2D eigenvalue weighted by atomic mass is 79.9. The monoisotopic (exact) mass is 325 g/mol. The summed E-state index contributed by atoms with van der Waals surface area (Å²) in [5.74, 6) is 0.170. The van der Waals surface area contributed by atoms with E-state index in [-0.39, 0.29) is 12.4 Å².